The molecule has 0 radical (unpaired) electrons. The molecule has 0 amide bonds. The first-order valence-electron chi connectivity index (χ1n) is 6.66. The number of carbonyl (C=O) groups excluding carboxylic acids is 1. The van der Waals surface area contributed by atoms with E-state index in [2.05, 4.69) is 36.4 Å². The second kappa shape index (κ2) is 4.17. The summed E-state index contributed by atoms with van der Waals surface area (Å²) in [6.07, 6.45) is 0.972. The molecule has 0 atom stereocenters. The molecule has 0 aromatic heterocycles. The Morgan fingerprint density at radius 2 is 1.20 bits per heavy atom. The molecule has 0 spiro atoms. The highest BCUT2D eigenvalue weighted by Crippen LogP contribution is 2.30. The van der Waals surface area contributed by atoms with Gasteiger partial charge in [-0.05, 0) is 50.5 Å². The van der Waals surface area contributed by atoms with Gasteiger partial charge in [-0.2, -0.15) is 0 Å². The molecule has 0 aliphatic carbocycles. The first-order valence-corrected chi connectivity index (χ1v) is 6.66. The van der Waals surface area contributed by atoms with Crippen LogP contribution >= 0.6 is 0 Å². The third-order valence-electron chi connectivity index (χ3n) is 3.89. The van der Waals surface area contributed by atoms with Crippen molar-refractivity contribution in [1.82, 2.24) is 0 Å². The van der Waals surface area contributed by atoms with Crippen LogP contribution < -0.4 is 0 Å². The predicted molar refractivity (Wildman–Crippen MR) is 84.3 cm³/mol. The normalized spacial score (nSPS) is 11.2. The van der Waals surface area contributed by atoms with Crippen molar-refractivity contribution in [3.8, 4) is 0 Å². The van der Waals surface area contributed by atoms with Gasteiger partial charge in [0.1, 0.15) is 0 Å². The minimum atomic E-state index is 0.781. The van der Waals surface area contributed by atoms with Crippen molar-refractivity contribution >= 4 is 38.6 Å². The lowest BCUT2D eigenvalue weighted by Crippen LogP contribution is -1.88. The Bertz CT molecular complexity index is 962. The number of benzene rings is 4. The standard InChI is InChI=1S/C19H12O/c20-12-19-17-8-4-3-7-15(17)10-16-9-13-5-1-2-6-14(13)11-18(16)19/h1-12H. The van der Waals surface area contributed by atoms with Crippen molar-refractivity contribution in [3.63, 3.8) is 0 Å². The van der Waals surface area contributed by atoms with E-state index in [1.165, 1.54) is 10.8 Å². The lowest BCUT2D eigenvalue weighted by atomic mass is 9.95. The van der Waals surface area contributed by atoms with Crippen molar-refractivity contribution in [2.24, 2.45) is 0 Å². The van der Waals surface area contributed by atoms with Crippen molar-refractivity contribution < 1.29 is 4.79 Å². The van der Waals surface area contributed by atoms with Gasteiger partial charge in [0.05, 0.1) is 0 Å². The van der Waals surface area contributed by atoms with Gasteiger partial charge < -0.3 is 0 Å². The van der Waals surface area contributed by atoms with Gasteiger partial charge >= 0.3 is 0 Å². The third kappa shape index (κ3) is 1.53. The second-order valence-corrected chi connectivity index (χ2v) is 5.05. The minimum Gasteiger partial charge on any atom is -0.298 e. The summed E-state index contributed by atoms with van der Waals surface area (Å²) in [5.41, 5.74) is 0.781. The lowest BCUT2D eigenvalue weighted by Gasteiger charge is -2.08. The van der Waals surface area contributed by atoms with Gasteiger partial charge in [0.15, 0.2) is 6.29 Å². The van der Waals surface area contributed by atoms with Crippen LogP contribution in [0.1, 0.15) is 10.4 Å². The Labute approximate surface area is 116 Å². The molecule has 94 valence electrons. The third-order valence-corrected chi connectivity index (χ3v) is 3.89. The van der Waals surface area contributed by atoms with E-state index in [0.717, 1.165) is 33.4 Å². The van der Waals surface area contributed by atoms with E-state index in [-0.39, 0.29) is 0 Å². The summed E-state index contributed by atoms with van der Waals surface area (Å²) in [6, 6.07) is 22.7. The zero-order valence-electron chi connectivity index (χ0n) is 10.8. The quantitative estimate of drug-likeness (QED) is 0.347. The molecule has 0 bridgehead atoms. The molecule has 1 heteroatoms. The van der Waals surface area contributed by atoms with Gasteiger partial charge in [0.2, 0.25) is 0 Å². The molecule has 4 rings (SSSR count). The van der Waals surface area contributed by atoms with Crippen molar-refractivity contribution in [3.05, 3.63) is 72.3 Å². The molecular weight excluding hydrogens is 244 g/mol. The van der Waals surface area contributed by atoms with Crippen LogP contribution in [0.25, 0.3) is 32.3 Å². The van der Waals surface area contributed by atoms with E-state index in [9.17, 15) is 4.79 Å². The fourth-order valence-corrected chi connectivity index (χ4v) is 2.92. The Morgan fingerprint density at radius 1 is 0.600 bits per heavy atom. The maximum Gasteiger partial charge on any atom is 0.151 e. The number of aldehydes is 1. The molecule has 0 heterocycles. The maximum absolute atomic E-state index is 11.6. The summed E-state index contributed by atoms with van der Waals surface area (Å²) in [5.74, 6) is 0. The van der Waals surface area contributed by atoms with Crippen molar-refractivity contribution in [2.45, 2.75) is 0 Å². The molecule has 4 aromatic carbocycles. The molecule has 0 aliphatic heterocycles. The van der Waals surface area contributed by atoms with Crippen molar-refractivity contribution in [2.75, 3.05) is 0 Å². The van der Waals surface area contributed by atoms with E-state index in [1.807, 2.05) is 30.3 Å². The Balaban J connectivity index is 2.28. The first-order chi connectivity index (χ1) is 9.86. The zero-order chi connectivity index (χ0) is 13.5. The maximum atomic E-state index is 11.6. The first kappa shape index (κ1) is 11.2. The Morgan fingerprint density at radius 3 is 1.95 bits per heavy atom. The Hall–Kier alpha value is -2.67. The zero-order valence-corrected chi connectivity index (χ0v) is 10.8. The Kier molecular flexibility index (Phi) is 2.33. The average molecular weight is 256 g/mol. The van der Waals surface area contributed by atoms with Crippen LogP contribution in [0.5, 0.6) is 0 Å². The summed E-state index contributed by atoms with van der Waals surface area (Å²) in [4.78, 5) is 11.6. The van der Waals surface area contributed by atoms with Crippen LogP contribution in [0.4, 0.5) is 0 Å². The SMILES string of the molecule is O=Cc1c2ccccc2cc2cc3ccccc3cc12. The van der Waals surface area contributed by atoms with Gasteiger partial charge in [-0.3, -0.25) is 4.79 Å². The molecule has 0 fully saturated rings. The van der Waals surface area contributed by atoms with Gasteiger partial charge in [-0.15, -0.1) is 0 Å². The number of hydrogen-bond acceptors (Lipinski definition) is 1. The molecule has 0 N–H and O–H groups in total. The van der Waals surface area contributed by atoms with E-state index in [1.54, 1.807) is 0 Å². The average Bonchev–Trinajstić information content (AvgIpc) is 2.50. The van der Waals surface area contributed by atoms with E-state index in [0.29, 0.717) is 0 Å². The summed E-state index contributed by atoms with van der Waals surface area (Å²) >= 11 is 0. The van der Waals surface area contributed by atoms with E-state index >= 15 is 0 Å². The van der Waals surface area contributed by atoms with E-state index in [4.69, 9.17) is 0 Å². The highest BCUT2D eigenvalue weighted by atomic mass is 16.1. The molecular formula is C19H12O. The van der Waals surface area contributed by atoms with Crippen LogP contribution in [0, 0.1) is 0 Å². The smallest absolute Gasteiger partial charge is 0.151 e. The van der Waals surface area contributed by atoms with Gasteiger partial charge in [-0.25, -0.2) is 0 Å². The number of rotatable bonds is 1. The van der Waals surface area contributed by atoms with Crippen LogP contribution in [-0.4, -0.2) is 6.29 Å². The van der Waals surface area contributed by atoms with Gasteiger partial charge in [0, 0.05) is 5.56 Å². The summed E-state index contributed by atoms with van der Waals surface area (Å²) in [5, 5.41) is 6.63. The molecule has 0 saturated carbocycles. The minimum absolute atomic E-state index is 0.781. The topological polar surface area (TPSA) is 17.1 Å². The van der Waals surface area contributed by atoms with Crippen LogP contribution in [0.15, 0.2) is 66.7 Å². The highest BCUT2D eigenvalue weighted by Gasteiger charge is 2.07. The summed E-state index contributed by atoms with van der Waals surface area (Å²) < 4.78 is 0. The number of hydrogen-bond donors (Lipinski definition) is 0. The molecule has 0 unspecified atom stereocenters. The number of carbonyl (C=O) groups is 1. The monoisotopic (exact) mass is 256 g/mol. The van der Waals surface area contributed by atoms with Crippen LogP contribution in [0.3, 0.4) is 0 Å². The molecule has 4 aromatic rings. The summed E-state index contributed by atoms with van der Waals surface area (Å²) in [6.45, 7) is 0. The number of fused-ring (bicyclic) bond motifs is 3. The molecule has 1 nitrogen and oxygen atoms in total. The molecule has 0 saturated heterocycles. The fraction of sp³-hybridized carbons (Fsp3) is 0. The fourth-order valence-electron chi connectivity index (χ4n) is 2.92. The van der Waals surface area contributed by atoms with Gasteiger partial charge in [0.25, 0.3) is 0 Å². The van der Waals surface area contributed by atoms with Crippen molar-refractivity contribution in [1.29, 1.82) is 0 Å². The van der Waals surface area contributed by atoms with Crippen LogP contribution in [0.2, 0.25) is 0 Å². The predicted octanol–water partition coefficient (Wildman–Crippen LogP) is 4.96. The van der Waals surface area contributed by atoms with E-state index < -0.39 is 0 Å². The van der Waals surface area contributed by atoms with Gasteiger partial charge in [-0.1, -0.05) is 48.5 Å². The summed E-state index contributed by atoms with van der Waals surface area (Å²) in [7, 11) is 0. The second-order valence-electron chi connectivity index (χ2n) is 5.05. The molecule has 0 aliphatic rings. The highest BCUT2D eigenvalue weighted by molar-refractivity contribution is 6.15. The van der Waals surface area contributed by atoms with Crippen LogP contribution in [-0.2, 0) is 0 Å². The lowest BCUT2D eigenvalue weighted by molar-refractivity contribution is 0.112. The molecule has 20 heavy (non-hydrogen) atoms. The largest absolute Gasteiger partial charge is 0.298 e.